The smallest absolute Gasteiger partial charge is 0.223 e. The van der Waals surface area contributed by atoms with Gasteiger partial charge in [0, 0.05) is 25.0 Å². The van der Waals surface area contributed by atoms with Gasteiger partial charge in [-0.2, -0.15) is 0 Å². The number of hydrogen-bond acceptors (Lipinski definition) is 2. The van der Waals surface area contributed by atoms with Gasteiger partial charge in [0.05, 0.1) is 0 Å². The summed E-state index contributed by atoms with van der Waals surface area (Å²) in [6.45, 7) is 9.87. The van der Waals surface area contributed by atoms with Gasteiger partial charge in [0.25, 0.3) is 0 Å². The molecule has 0 spiro atoms. The fourth-order valence-electron chi connectivity index (χ4n) is 6.88. The first-order chi connectivity index (χ1) is 18.0. The molecule has 1 aliphatic heterocycles. The van der Waals surface area contributed by atoms with Crippen LogP contribution >= 0.6 is 0 Å². The van der Waals surface area contributed by atoms with E-state index in [1.807, 2.05) is 0 Å². The van der Waals surface area contributed by atoms with Crippen LogP contribution in [0.25, 0.3) is 0 Å². The molecule has 2 aliphatic rings. The third-order valence-electron chi connectivity index (χ3n) is 8.86. The van der Waals surface area contributed by atoms with E-state index in [9.17, 15) is 4.79 Å². The zero-order valence-electron chi connectivity index (χ0n) is 23.7. The lowest BCUT2D eigenvalue weighted by molar-refractivity contribution is -0.127. The second-order valence-electron chi connectivity index (χ2n) is 12.2. The van der Waals surface area contributed by atoms with Crippen LogP contribution in [-0.2, 0) is 17.8 Å². The van der Waals surface area contributed by atoms with Crippen molar-refractivity contribution in [3.8, 4) is 0 Å². The standard InChI is InChI=1S/C34H50N2O/c1-4-5-7-11-28-15-17-31(18-16-28)34(37)35-33(23-30-21-26(2)20-27(3)22-30)32-14-10-19-36(25-32)24-29-12-8-6-9-13-29/h6,8-9,12-13,20-22,28,31-33H,4-5,7,10-11,14-19,23-25H2,1-3H3,(H,35,37)/t28-,31-,32?,33?. The maximum Gasteiger partial charge on any atom is 0.223 e. The molecule has 2 unspecified atom stereocenters. The van der Waals surface area contributed by atoms with E-state index < -0.39 is 0 Å². The Hall–Kier alpha value is -2.13. The quantitative estimate of drug-likeness (QED) is 0.320. The number of hydrogen-bond donors (Lipinski definition) is 1. The Morgan fingerprint density at radius 2 is 1.68 bits per heavy atom. The lowest BCUT2D eigenvalue weighted by atomic mass is 9.79. The molecular weight excluding hydrogens is 452 g/mol. The maximum absolute atomic E-state index is 13.6. The second-order valence-corrected chi connectivity index (χ2v) is 12.2. The van der Waals surface area contributed by atoms with Gasteiger partial charge in [0.1, 0.15) is 0 Å². The molecule has 2 fully saturated rings. The van der Waals surface area contributed by atoms with E-state index in [2.05, 4.69) is 79.5 Å². The molecule has 1 aliphatic carbocycles. The highest BCUT2D eigenvalue weighted by Gasteiger charge is 2.32. The van der Waals surface area contributed by atoms with E-state index in [4.69, 9.17) is 0 Å². The SMILES string of the molecule is CCCCC[C@H]1CC[C@H](C(=O)NC(Cc2cc(C)cc(C)c2)C2CCCN(Cc3ccccc3)C2)CC1. The molecule has 1 heterocycles. The van der Waals surface area contributed by atoms with Gasteiger partial charge in [0.15, 0.2) is 0 Å². The summed E-state index contributed by atoms with van der Waals surface area (Å²) in [6.07, 6.45) is 13.3. The molecule has 1 saturated carbocycles. The number of aryl methyl sites for hydroxylation is 2. The number of nitrogens with zero attached hydrogens (tertiary/aromatic N) is 1. The molecule has 1 N–H and O–H groups in total. The average molecular weight is 503 g/mol. The summed E-state index contributed by atoms with van der Waals surface area (Å²) in [4.78, 5) is 16.2. The van der Waals surface area contributed by atoms with Crippen LogP contribution in [0.4, 0.5) is 0 Å². The van der Waals surface area contributed by atoms with E-state index in [1.165, 1.54) is 73.6 Å². The van der Waals surface area contributed by atoms with E-state index in [-0.39, 0.29) is 12.0 Å². The van der Waals surface area contributed by atoms with E-state index >= 15 is 0 Å². The van der Waals surface area contributed by atoms with Gasteiger partial charge in [0.2, 0.25) is 5.91 Å². The molecule has 202 valence electrons. The summed E-state index contributed by atoms with van der Waals surface area (Å²) in [5.74, 6) is 1.86. The Morgan fingerprint density at radius 1 is 0.946 bits per heavy atom. The number of likely N-dealkylation sites (tertiary alicyclic amines) is 1. The van der Waals surface area contributed by atoms with Crippen LogP contribution < -0.4 is 5.32 Å². The summed E-state index contributed by atoms with van der Waals surface area (Å²) < 4.78 is 0. The molecule has 37 heavy (non-hydrogen) atoms. The minimum Gasteiger partial charge on any atom is -0.352 e. The van der Waals surface area contributed by atoms with Gasteiger partial charge in [-0.25, -0.2) is 0 Å². The zero-order valence-corrected chi connectivity index (χ0v) is 23.7. The first-order valence-corrected chi connectivity index (χ1v) is 15.1. The van der Waals surface area contributed by atoms with Crippen molar-refractivity contribution in [2.75, 3.05) is 13.1 Å². The number of unbranched alkanes of at least 4 members (excludes halogenated alkanes) is 2. The van der Waals surface area contributed by atoms with Crippen molar-refractivity contribution in [3.63, 3.8) is 0 Å². The van der Waals surface area contributed by atoms with Gasteiger partial charge < -0.3 is 5.32 Å². The first kappa shape index (κ1) is 27.9. The molecule has 0 bridgehead atoms. The highest BCUT2D eigenvalue weighted by Crippen LogP contribution is 2.33. The van der Waals surface area contributed by atoms with Crippen LogP contribution in [-0.4, -0.2) is 29.9 Å². The average Bonchev–Trinajstić information content (AvgIpc) is 2.89. The monoisotopic (exact) mass is 502 g/mol. The Balaban J connectivity index is 1.41. The van der Waals surface area contributed by atoms with Crippen LogP contribution in [0.15, 0.2) is 48.5 Å². The van der Waals surface area contributed by atoms with E-state index in [0.717, 1.165) is 44.8 Å². The van der Waals surface area contributed by atoms with Crippen molar-refractivity contribution < 1.29 is 4.79 Å². The molecule has 2 atom stereocenters. The van der Waals surface area contributed by atoms with Gasteiger partial charge in [-0.15, -0.1) is 0 Å². The van der Waals surface area contributed by atoms with Crippen LogP contribution in [0.2, 0.25) is 0 Å². The number of nitrogens with one attached hydrogen (secondary N) is 1. The Morgan fingerprint density at radius 3 is 2.38 bits per heavy atom. The van der Waals surface area contributed by atoms with Gasteiger partial charge in [-0.05, 0) is 88.3 Å². The fraction of sp³-hybridized carbons (Fsp3) is 0.618. The Labute approximate surface area is 226 Å². The van der Waals surface area contributed by atoms with Gasteiger partial charge in [-0.3, -0.25) is 9.69 Å². The van der Waals surface area contributed by atoms with Crippen LogP contribution in [0.3, 0.4) is 0 Å². The van der Waals surface area contributed by atoms with Crippen molar-refractivity contribution in [2.24, 2.45) is 17.8 Å². The lowest BCUT2D eigenvalue weighted by Gasteiger charge is -2.38. The molecule has 3 heteroatoms. The molecule has 3 nitrogen and oxygen atoms in total. The second kappa shape index (κ2) is 14.1. The number of piperidine rings is 1. The van der Waals surface area contributed by atoms with Crippen molar-refractivity contribution in [2.45, 2.75) is 104 Å². The largest absolute Gasteiger partial charge is 0.352 e. The third kappa shape index (κ3) is 8.70. The molecule has 4 rings (SSSR count). The molecule has 1 saturated heterocycles. The zero-order chi connectivity index (χ0) is 26.0. The molecule has 2 aromatic carbocycles. The number of rotatable bonds is 11. The summed E-state index contributed by atoms with van der Waals surface area (Å²) in [7, 11) is 0. The molecule has 2 aromatic rings. The van der Waals surface area contributed by atoms with E-state index in [1.54, 1.807) is 0 Å². The van der Waals surface area contributed by atoms with E-state index in [0.29, 0.717) is 11.8 Å². The maximum atomic E-state index is 13.6. The van der Waals surface area contributed by atoms with Crippen molar-refractivity contribution >= 4 is 5.91 Å². The highest BCUT2D eigenvalue weighted by molar-refractivity contribution is 5.79. The number of benzene rings is 2. The van der Waals surface area contributed by atoms with Crippen LogP contribution in [0.5, 0.6) is 0 Å². The van der Waals surface area contributed by atoms with Crippen molar-refractivity contribution in [3.05, 3.63) is 70.8 Å². The van der Waals surface area contributed by atoms with Crippen LogP contribution in [0, 0.1) is 31.6 Å². The predicted molar refractivity (Wildman–Crippen MR) is 156 cm³/mol. The van der Waals surface area contributed by atoms with Gasteiger partial charge in [-0.1, -0.05) is 92.3 Å². The topological polar surface area (TPSA) is 32.3 Å². The lowest BCUT2D eigenvalue weighted by Crippen LogP contribution is -2.50. The van der Waals surface area contributed by atoms with Crippen LogP contribution in [0.1, 0.15) is 93.4 Å². The van der Waals surface area contributed by atoms with Gasteiger partial charge >= 0.3 is 0 Å². The minimum atomic E-state index is 0.202. The molecule has 1 amide bonds. The Kier molecular flexibility index (Phi) is 10.7. The first-order valence-electron chi connectivity index (χ1n) is 15.1. The number of carbonyl (C=O) groups excluding carboxylic acids is 1. The highest BCUT2D eigenvalue weighted by atomic mass is 16.1. The van der Waals surface area contributed by atoms with Crippen molar-refractivity contribution in [1.82, 2.24) is 10.2 Å². The summed E-state index contributed by atoms with van der Waals surface area (Å²) >= 11 is 0. The Bertz CT molecular complexity index is 943. The predicted octanol–water partition coefficient (Wildman–Crippen LogP) is 7.63. The molecular formula is C34H50N2O. The fourth-order valence-corrected chi connectivity index (χ4v) is 6.88. The summed E-state index contributed by atoms with van der Waals surface area (Å²) in [6, 6.07) is 17.9. The number of carbonyl (C=O) groups is 1. The molecule has 0 aromatic heterocycles. The van der Waals surface area contributed by atoms with Crippen molar-refractivity contribution in [1.29, 1.82) is 0 Å². The summed E-state index contributed by atoms with van der Waals surface area (Å²) in [5, 5.41) is 3.63. The molecule has 0 radical (unpaired) electrons. The minimum absolute atomic E-state index is 0.202. The third-order valence-corrected chi connectivity index (χ3v) is 8.86. The summed E-state index contributed by atoms with van der Waals surface area (Å²) in [5.41, 5.74) is 5.38. The number of amides is 1. The normalized spacial score (nSPS) is 23.5.